The fourth-order valence-corrected chi connectivity index (χ4v) is 4.06. The van der Waals surface area contributed by atoms with Crippen LogP contribution in [0.4, 0.5) is 5.69 Å². The molecular weight excluding hydrogens is 372 g/mol. The lowest BCUT2D eigenvalue weighted by Crippen LogP contribution is -2.24. The predicted molar refractivity (Wildman–Crippen MR) is 114 cm³/mol. The van der Waals surface area contributed by atoms with Crippen LogP contribution in [-0.4, -0.2) is 47.5 Å². The molecule has 1 amide bonds. The Morgan fingerprint density at radius 2 is 1.89 bits per heavy atom. The summed E-state index contributed by atoms with van der Waals surface area (Å²) in [6.45, 7) is 2.57. The van der Waals surface area contributed by atoms with Gasteiger partial charge < -0.3 is 14.4 Å². The summed E-state index contributed by atoms with van der Waals surface area (Å²) in [5, 5.41) is 0.676. The van der Waals surface area contributed by atoms with E-state index in [1.807, 2.05) is 35.2 Å². The number of aryl methyl sites for hydroxylation is 1. The van der Waals surface area contributed by atoms with Crippen LogP contribution in [0, 0.1) is 0 Å². The van der Waals surface area contributed by atoms with Crippen molar-refractivity contribution in [1.29, 1.82) is 0 Å². The van der Waals surface area contributed by atoms with E-state index in [0.717, 1.165) is 42.1 Å². The molecule has 2 aromatic carbocycles. The van der Waals surface area contributed by atoms with E-state index in [9.17, 15) is 4.79 Å². The summed E-state index contributed by atoms with van der Waals surface area (Å²) >= 11 is 6.00. The molecule has 0 spiro atoms. The molecule has 0 N–H and O–H groups in total. The molecule has 0 radical (unpaired) electrons. The zero-order valence-electron chi connectivity index (χ0n) is 16.3. The van der Waals surface area contributed by atoms with Crippen molar-refractivity contribution in [1.82, 2.24) is 14.5 Å². The van der Waals surface area contributed by atoms with Crippen molar-refractivity contribution in [3.8, 4) is 0 Å². The van der Waals surface area contributed by atoms with E-state index in [1.165, 1.54) is 0 Å². The van der Waals surface area contributed by atoms with Gasteiger partial charge >= 0.3 is 0 Å². The maximum atomic E-state index is 12.7. The highest BCUT2D eigenvalue weighted by Crippen LogP contribution is 2.33. The Kier molecular flexibility index (Phi) is 5.38. The van der Waals surface area contributed by atoms with Crippen LogP contribution in [0.5, 0.6) is 0 Å². The standard InChI is InChI=1S/C22H25ClN4O/c1-25(2)12-5-13-26-20-7-4-3-6-19(20)24-22(26)16-14-21(28)27(15-16)18-10-8-17(23)9-11-18/h3-4,6-11,16H,5,12-15H2,1-2H3/t16-/m1/s1. The minimum atomic E-state index is 0.0925. The topological polar surface area (TPSA) is 41.4 Å². The van der Waals surface area contributed by atoms with Crippen LogP contribution in [0.2, 0.25) is 5.02 Å². The van der Waals surface area contributed by atoms with Gasteiger partial charge in [-0.3, -0.25) is 4.79 Å². The number of carbonyl (C=O) groups excluding carboxylic acids is 1. The van der Waals surface area contributed by atoms with Gasteiger partial charge in [0.15, 0.2) is 0 Å². The van der Waals surface area contributed by atoms with Gasteiger partial charge in [0.2, 0.25) is 5.91 Å². The van der Waals surface area contributed by atoms with Gasteiger partial charge in [-0.1, -0.05) is 23.7 Å². The molecule has 146 valence electrons. The zero-order chi connectivity index (χ0) is 19.7. The number of benzene rings is 2. The number of nitrogens with zero attached hydrogens (tertiary/aromatic N) is 4. The Bertz CT molecular complexity index is 980. The number of carbonyl (C=O) groups is 1. The summed E-state index contributed by atoms with van der Waals surface area (Å²) in [6.07, 6.45) is 1.53. The average molecular weight is 397 g/mol. The van der Waals surface area contributed by atoms with Gasteiger partial charge in [0.25, 0.3) is 0 Å². The largest absolute Gasteiger partial charge is 0.328 e. The van der Waals surface area contributed by atoms with Crippen molar-refractivity contribution in [3.05, 3.63) is 59.4 Å². The first kappa shape index (κ1) is 19.0. The van der Waals surface area contributed by atoms with E-state index in [1.54, 1.807) is 0 Å². The molecule has 1 aliphatic rings. The molecule has 0 bridgehead atoms. The number of anilines is 1. The van der Waals surface area contributed by atoms with Gasteiger partial charge in [0.05, 0.1) is 11.0 Å². The summed E-state index contributed by atoms with van der Waals surface area (Å²) in [4.78, 5) is 21.7. The van der Waals surface area contributed by atoms with Crippen LogP contribution in [0.15, 0.2) is 48.5 Å². The molecule has 0 aliphatic carbocycles. The number of imidazole rings is 1. The second-order valence-corrected chi connectivity index (χ2v) is 8.09. The number of fused-ring (bicyclic) bond motifs is 1. The first-order chi connectivity index (χ1) is 13.5. The van der Waals surface area contributed by atoms with Gasteiger partial charge in [-0.2, -0.15) is 0 Å². The lowest BCUT2D eigenvalue weighted by molar-refractivity contribution is -0.117. The molecule has 1 saturated heterocycles. The van der Waals surface area contributed by atoms with E-state index in [4.69, 9.17) is 16.6 Å². The highest BCUT2D eigenvalue weighted by Gasteiger charge is 2.34. The van der Waals surface area contributed by atoms with Crippen LogP contribution in [0.3, 0.4) is 0 Å². The third kappa shape index (κ3) is 3.77. The van der Waals surface area contributed by atoms with E-state index in [2.05, 4.69) is 41.8 Å². The molecule has 0 unspecified atom stereocenters. The van der Waals surface area contributed by atoms with Gasteiger partial charge in [-0.15, -0.1) is 0 Å². The molecule has 1 atom stereocenters. The molecule has 2 heterocycles. The molecule has 6 heteroatoms. The maximum Gasteiger partial charge on any atom is 0.227 e. The summed E-state index contributed by atoms with van der Waals surface area (Å²) in [5.41, 5.74) is 3.04. The van der Waals surface area contributed by atoms with Crippen LogP contribution < -0.4 is 4.90 Å². The Balaban J connectivity index is 1.63. The summed E-state index contributed by atoms with van der Waals surface area (Å²) < 4.78 is 2.31. The Labute approximate surface area is 170 Å². The fraction of sp³-hybridized carbons (Fsp3) is 0.364. The molecule has 1 aromatic heterocycles. The Morgan fingerprint density at radius 1 is 1.14 bits per heavy atom. The molecule has 1 fully saturated rings. The number of amides is 1. The van der Waals surface area contributed by atoms with Crippen molar-refractivity contribution >= 4 is 34.2 Å². The van der Waals surface area contributed by atoms with Gasteiger partial charge in [0.1, 0.15) is 5.82 Å². The van der Waals surface area contributed by atoms with Crippen LogP contribution in [-0.2, 0) is 11.3 Å². The average Bonchev–Trinajstić information content (AvgIpc) is 3.23. The van der Waals surface area contributed by atoms with E-state index in [0.29, 0.717) is 18.0 Å². The van der Waals surface area contributed by atoms with Crippen LogP contribution in [0.1, 0.15) is 24.6 Å². The number of rotatable bonds is 6. The monoisotopic (exact) mass is 396 g/mol. The third-order valence-electron chi connectivity index (χ3n) is 5.30. The molecule has 0 saturated carbocycles. The summed E-state index contributed by atoms with van der Waals surface area (Å²) in [7, 11) is 4.18. The van der Waals surface area contributed by atoms with Crippen molar-refractivity contribution in [3.63, 3.8) is 0 Å². The number of para-hydroxylation sites is 2. The molecule has 4 rings (SSSR count). The fourth-order valence-electron chi connectivity index (χ4n) is 3.94. The van der Waals surface area contributed by atoms with Crippen molar-refractivity contribution in [2.45, 2.75) is 25.3 Å². The first-order valence-electron chi connectivity index (χ1n) is 9.69. The predicted octanol–water partition coefficient (Wildman–Crippen LogP) is 4.16. The number of hydrogen-bond donors (Lipinski definition) is 0. The maximum absolute atomic E-state index is 12.7. The molecule has 3 aromatic rings. The van der Waals surface area contributed by atoms with Crippen molar-refractivity contribution < 1.29 is 4.79 Å². The van der Waals surface area contributed by atoms with Gasteiger partial charge in [-0.25, -0.2) is 4.98 Å². The van der Waals surface area contributed by atoms with Gasteiger partial charge in [-0.05, 0) is 63.5 Å². The third-order valence-corrected chi connectivity index (χ3v) is 5.55. The normalized spacial score (nSPS) is 17.2. The number of aromatic nitrogens is 2. The second-order valence-electron chi connectivity index (χ2n) is 7.65. The summed E-state index contributed by atoms with van der Waals surface area (Å²) in [6, 6.07) is 15.7. The number of halogens is 1. The zero-order valence-corrected chi connectivity index (χ0v) is 17.1. The molecular formula is C22H25ClN4O. The van der Waals surface area contributed by atoms with Crippen LogP contribution in [0.25, 0.3) is 11.0 Å². The minimum absolute atomic E-state index is 0.0925. The first-order valence-corrected chi connectivity index (χ1v) is 10.1. The van der Waals surface area contributed by atoms with Crippen LogP contribution >= 0.6 is 11.6 Å². The molecule has 5 nitrogen and oxygen atoms in total. The quantitative estimate of drug-likeness (QED) is 0.628. The number of hydrogen-bond acceptors (Lipinski definition) is 3. The molecule has 1 aliphatic heterocycles. The Morgan fingerprint density at radius 3 is 2.64 bits per heavy atom. The Hall–Kier alpha value is -2.37. The summed E-state index contributed by atoms with van der Waals surface area (Å²) in [5.74, 6) is 1.25. The van der Waals surface area contributed by atoms with E-state index >= 15 is 0 Å². The van der Waals surface area contributed by atoms with E-state index in [-0.39, 0.29) is 11.8 Å². The van der Waals surface area contributed by atoms with Crippen molar-refractivity contribution in [2.24, 2.45) is 0 Å². The second kappa shape index (κ2) is 7.94. The highest BCUT2D eigenvalue weighted by atomic mass is 35.5. The van der Waals surface area contributed by atoms with Crippen molar-refractivity contribution in [2.75, 3.05) is 32.1 Å². The van der Waals surface area contributed by atoms with E-state index < -0.39 is 0 Å². The van der Waals surface area contributed by atoms with Gasteiger partial charge in [0, 0.05) is 36.1 Å². The smallest absolute Gasteiger partial charge is 0.227 e. The highest BCUT2D eigenvalue weighted by molar-refractivity contribution is 6.30. The molecule has 28 heavy (non-hydrogen) atoms. The SMILES string of the molecule is CN(C)CCCn1c([C@@H]2CC(=O)N(c3ccc(Cl)cc3)C2)nc2ccccc21. The lowest BCUT2D eigenvalue weighted by Gasteiger charge is -2.18. The minimum Gasteiger partial charge on any atom is -0.328 e. The lowest BCUT2D eigenvalue weighted by atomic mass is 10.1.